The first-order valence-electron chi connectivity index (χ1n) is 9.86. The molecule has 26 heavy (non-hydrogen) atoms. The molecule has 0 spiro atoms. The van der Waals surface area contributed by atoms with Gasteiger partial charge in [-0.3, -0.25) is 9.36 Å². The van der Waals surface area contributed by atoms with E-state index >= 15 is 0 Å². The predicted molar refractivity (Wildman–Crippen MR) is 107 cm³/mol. The average molecular weight is 369 g/mol. The van der Waals surface area contributed by atoms with Crippen molar-refractivity contribution in [3.63, 3.8) is 0 Å². The number of nitrogens with one attached hydrogen (secondary N) is 1. The molecule has 0 unspecified atom stereocenters. The largest absolute Gasteiger partial charge is 0.382 e. The normalized spacial score (nSPS) is 19.5. The van der Waals surface area contributed by atoms with E-state index in [0.29, 0.717) is 12.1 Å². The van der Waals surface area contributed by atoms with Gasteiger partial charge in [0.25, 0.3) is 5.56 Å². The van der Waals surface area contributed by atoms with E-state index in [9.17, 15) is 4.79 Å². The van der Waals surface area contributed by atoms with Gasteiger partial charge in [-0.1, -0.05) is 32.1 Å². The molecule has 5 rings (SSSR count). The molecule has 0 amide bonds. The van der Waals surface area contributed by atoms with Gasteiger partial charge in [-0.25, -0.2) is 9.97 Å². The Morgan fingerprint density at radius 2 is 1.81 bits per heavy atom. The van der Waals surface area contributed by atoms with Gasteiger partial charge in [0.1, 0.15) is 9.53 Å². The number of anilines is 1. The Morgan fingerprint density at radius 1 is 1.04 bits per heavy atom. The molecular formula is C20H24N4OS. The van der Waals surface area contributed by atoms with Gasteiger partial charge in [0, 0.05) is 24.0 Å². The Bertz CT molecular complexity index is 996. The molecule has 2 aliphatic rings. The van der Waals surface area contributed by atoms with Crippen molar-refractivity contribution in [3.8, 4) is 0 Å². The molecular weight excluding hydrogens is 344 g/mol. The monoisotopic (exact) mass is 368 g/mol. The molecule has 3 aromatic heterocycles. The molecule has 5 nitrogen and oxygen atoms in total. The Labute approximate surface area is 156 Å². The highest BCUT2D eigenvalue weighted by molar-refractivity contribution is 7.25. The summed E-state index contributed by atoms with van der Waals surface area (Å²) in [6, 6.07) is 2.86. The lowest BCUT2D eigenvalue weighted by atomic mass is 9.95. The van der Waals surface area contributed by atoms with Crippen LogP contribution in [0.25, 0.3) is 20.4 Å². The highest BCUT2D eigenvalue weighted by atomic mass is 32.1. The minimum atomic E-state index is 0.108. The van der Waals surface area contributed by atoms with Gasteiger partial charge in [0.2, 0.25) is 0 Å². The quantitative estimate of drug-likeness (QED) is 0.717. The number of rotatable bonds is 3. The van der Waals surface area contributed by atoms with E-state index in [1.165, 1.54) is 56.3 Å². The first-order chi connectivity index (χ1) is 12.8. The van der Waals surface area contributed by atoms with Crippen LogP contribution in [0.5, 0.6) is 0 Å². The van der Waals surface area contributed by atoms with Crippen molar-refractivity contribution in [2.24, 2.45) is 0 Å². The van der Waals surface area contributed by atoms with E-state index in [1.54, 1.807) is 6.33 Å². The fraction of sp³-hybridized carbons (Fsp3) is 0.550. The Morgan fingerprint density at radius 3 is 2.62 bits per heavy atom. The summed E-state index contributed by atoms with van der Waals surface area (Å²) in [4.78, 5) is 23.3. The second kappa shape index (κ2) is 6.65. The molecule has 0 saturated heterocycles. The Kier molecular flexibility index (Phi) is 4.15. The zero-order chi connectivity index (χ0) is 17.5. The molecule has 6 heteroatoms. The van der Waals surface area contributed by atoms with Crippen LogP contribution in [-0.2, 0) is 0 Å². The van der Waals surface area contributed by atoms with E-state index in [2.05, 4.69) is 10.3 Å². The zero-order valence-electron chi connectivity index (χ0n) is 14.9. The average Bonchev–Trinajstić information content (AvgIpc) is 3.31. The number of hydrogen-bond donors (Lipinski definition) is 1. The molecule has 0 aromatic carbocycles. The van der Waals surface area contributed by atoms with Crippen LogP contribution in [0.3, 0.4) is 0 Å². The molecule has 3 aromatic rings. The van der Waals surface area contributed by atoms with Gasteiger partial charge in [0.15, 0.2) is 0 Å². The minimum absolute atomic E-state index is 0.108. The van der Waals surface area contributed by atoms with Gasteiger partial charge in [-0.15, -0.1) is 11.3 Å². The molecule has 136 valence electrons. The predicted octanol–water partition coefficient (Wildman–Crippen LogP) is 4.87. The van der Waals surface area contributed by atoms with Crippen molar-refractivity contribution in [1.82, 2.24) is 14.5 Å². The van der Waals surface area contributed by atoms with Gasteiger partial charge in [-0.2, -0.15) is 0 Å². The first-order valence-corrected chi connectivity index (χ1v) is 10.7. The molecule has 0 atom stereocenters. The summed E-state index contributed by atoms with van der Waals surface area (Å²) in [6.07, 6.45) is 14.5. The zero-order valence-corrected chi connectivity index (χ0v) is 15.7. The molecule has 2 aliphatic carbocycles. The van der Waals surface area contributed by atoms with Crippen molar-refractivity contribution in [1.29, 1.82) is 0 Å². The van der Waals surface area contributed by atoms with Crippen molar-refractivity contribution in [2.45, 2.75) is 69.9 Å². The van der Waals surface area contributed by atoms with E-state index in [-0.39, 0.29) is 5.56 Å². The van der Waals surface area contributed by atoms with Crippen molar-refractivity contribution in [3.05, 3.63) is 28.9 Å². The summed E-state index contributed by atoms with van der Waals surface area (Å²) in [6.45, 7) is 0. The van der Waals surface area contributed by atoms with Crippen LogP contribution < -0.4 is 10.9 Å². The van der Waals surface area contributed by atoms with Crippen LogP contribution in [0.15, 0.2) is 23.4 Å². The topological polar surface area (TPSA) is 59.8 Å². The smallest absolute Gasteiger partial charge is 0.271 e. The third-order valence-electron chi connectivity index (χ3n) is 5.99. The number of nitrogens with zero attached hydrogens (tertiary/aromatic N) is 3. The van der Waals surface area contributed by atoms with Gasteiger partial charge < -0.3 is 5.32 Å². The number of pyridine rings is 1. The SMILES string of the molecule is O=c1c2sc3nccc(NC4CCCC4)c3c2ncn1C1CCCCC1. The second-order valence-electron chi connectivity index (χ2n) is 7.69. The molecule has 3 heterocycles. The highest BCUT2D eigenvalue weighted by Crippen LogP contribution is 2.36. The Hall–Kier alpha value is -1.95. The maximum atomic E-state index is 13.1. The lowest BCUT2D eigenvalue weighted by Crippen LogP contribution is -2.26. The van der Waals surface area contributed by atoms with E-state index in [0.717, 1.165) is 39.0 Å². The van der Waals surface area contributed by atoms with Crippen LogP contribution in [0.2, 0.25) is 0 Å². The maximum Gasteiger partial charge on any atom is 0.271 e. The maximum absolute atomic E-state index is 13.1. The number of hydrogen-bond acceptors (Lipinski definition) is 5. The van der Waals surface area contributed by atoms with Gasteiger partial charge in [-0.05, 0) is 31.7 Å². The molecule has 0 bridgehead atoms. The summed E-state index contributed by atoms with van der Waals surface area (Å²) in [7, 11) is 0. The third-order valence-corrected chi connectivity index (χ3v) is 7.06. The molecule has 2 fully saturated rings. The lowest BCUT2D eigenvalue weighted by Gasteiger charge is -2.23. The standard InChI is InChI=1S/C20H24N4OS/c25-20-18-17(22-12-24(20)14-8-2-1-3-9-14)16-15(10-11-21-19(16)26-18)23-13-6-4-5-7-13/h10-14H,1-9H2,(H,21,23). The number of aromatic nitrogens is 3. The fourth-order valence-corrected chi connectivity index (χ4v) is 5.65. The highest BCUT2D eigenvalue weighted by Gasteiger charge is 2.22. The van der Waals surface area contributed by atoms with Crippen molar-refractivity contribution < 1.29 is 0 Å². The van der Waals surface area contributed by atoms with Crippen LogP contribution >= 0.6 is 11.3 Å². The molecule has 2 saturated carbocycles. The third kappa shape index (κ3) is 2.71. The van der Waals surface area contributed by atoms with Crippen LogP contribution in [0, 0.1) is 0 Å². The summed E-state index contributed by atoms with van der Waals surface area (Å²) in [5.41, 5.74) is 2.00. The molecule has 1 N–H and O–H groups in total. The van der Waals surface area contributed by atoms with Crippen LogP contribution in [0.4, 0.5) is 5.69 Å². The second-order valence-corrected chi connectivity index (χ2v) is 8.69. The molecule has 0 radical (unpaired) electrons. The summed E-state index contributed by atoms with van der Waals surface area (Å²) >= 11 is 1.49. The summed E-state index contributed by atoms with van der Waals surface area (Å²) < 4.78 is 2.63. The summed E-state index contributed by atoms with van der Waals surface area (Å²) in [5, 5.41) is 4.70. The van der Waals surface area contributed by atoms with Gasteiger partial charge in [0.05, 0.1) is 17.2 Å². The van der Waals surface area contributed by atoms with E-state index in [4.69, 9.17) is 4.98 Å². The Balaban J connectivity index is 1.62. The van der Waals surface area contributed by atoms with Crippen molar-refractivity contribution >= 4 is 37.5 Å². The van der Waals surface area contributed by atoms with Gasteiger partial charge >= 0.3 is 0 Å². The van der Waals surface area contributed by atoms with Crippen LogP contribution in [-0.4, -0.2) is 20.6 Å². The van der Waals surface area contributed by atoms with Crippen molar-refractivity contribution in [2.75, 3.05) is 5.32 Å². The summed E-state index contributed by atoms with van der Waals surface area (Å²) in [5.74, 6) is 0. The number of thiophene rings is 1. The van der Waals surface area contributed by atoms with E-state index in [1.807, 2.05) is 16.8 Å². The van der Waals surface area contributed by atoms with Crippen LogP contribution in [0.1, 0.15) is 63.8 Å². The lowest BCUT2D eigenvalue weighted by molar-refractivity contribution is 0.345. The minimum Gasteiger partial charge on any atom is -0.382 e. The van der Waals surface area contributed by atoms with E-state index < -0.39 is 0 Å². The molecule has 0 aliphatic heterocycles. The number of fused-ring (bicyclic) bond motifs is 3. The first kappa shape index (κ1) is 16.2. The fourth-order valence-electron chi connectivity index (χ4n) is 4.59.